The number of fused-ring (bicyclic) bond motifs is 2. The van der Waals surface area contributed by atoms with Gasteiger partial charge in [0, 0.05) is 12.1 Å². The highest BCUT2D eigenvalue weighted by Gasteiger charge is 2.38. The molecule has 2 fully saturated rings. The summed E-state index contributed by atoms with van der Waals surface area (Å²) in [6.07, 6.45) is 4.71. The van der Waals surface area contributed by atoms with Gasteiger partial charge in [-0.15, -0.1) is 0 Å². The third kappa shape index (κ3) is 0.789. The average Bonchev–Trinajstić information content (AvgIpc) is 2.13. The summed E-state index contributed by atoms with van der Waals surface area (Å²) in [5.41, 5.74) is 0. The van der Waals surface area contributed by atoms with Crippen LogP contribution in [0.2, 0.25) is 0 Å². The Morgan fingerprint density at radius 3 is 2.60 bits per heavy atom. The lowest BCUT2D eigenvalue weighted by atomic mass is 10.0. The Hall–Kier alpha value is -0.0800. The van der Waals surface area contributed by atoms with Crippen LogP contribution in [-0.2, 0) is 0 Å². The molecule has 10 heavy (non-hydrogen) atoms. The number of likely N-dealkylation sites (N-methyl/N-ethyl adjacent to an activating group) is 1. The van der Waals surface area contributed by atoms with Crippen LogP contribution in [0.4, 0.5) is 0 Å². The molecule has 0 saturated carbocycles. The Labute approximate surface area is 61.8 Å². The highest BCUT2D eigenvalue weighted by atomic mass is 16.3. The monoisotopic (exact) mass is 141 g/mol. The van der Waals surface area contributed by atoms with Gasteiger partial charge < -0.3 is 5.11 Å². The van der Waals surface area contributed by atoms with Crippen molar-refractivity contribution in [1.82, 2.24) is 4.90 Å². The normalized spacial score (nSPS) is 48.0. The van der Waals surface area contributed by atoms with Crippen molar-refractivity contribution in [1.29, 1.82) is 0 Å². The molecule has 3 atom stereocenters. The highest BCUT2D eigenvalue weighted by Crippen LogP contribution is 2.33. The number of hydrogen-bond donors (Lipinski definition) is 1. The van der Waals surface area contributed by atoms with Crippen LogP contribution in [0.25, 0.3) is 0 Å². The molecule has 2 heteroatoms. The molecule has 2 rings (SSSR count). The van der Waals surface area contributed by atoms with E-state index in [9.17, 15) is 5.11 Å². The van der Waals surface area contributed by atoms with Crippen LogP contribution < -0.4 is 0 Å². The highest BCUT2D eigenvalue weighted by molar-refractivity contribution is 4.94. The van der Waals surface area contributed by atoms with Gasteiger partial charge in [-0.2, -0.15) is 0 Å². The average molecular weight is 141 g/mol. The van der Waals surface area contributed by atoms with Crippen molar-refractivity contribution in [3.8, 4) is 0 Å². The van der Waals surface area contributed by atoms with Crippen LogP contribution >= 0.6 is 0 Å². The molecule has 2 nitrogen and oxygen atoms in total. The van der Waals surface area contributed by atoms with E-state index in [0.717, 1.165) is 12.5 Å². The van der Waals surface area contributed by atoms with Crippen LogP contribution in [0, 0.1) is 0 Å². The second kappa shape index (κ2) is 2.21. The smallest absolute Gasteiger partial charge is 0.0696 e. The van der Waals surface area contributed by atoms with Crippen molar-refractivity contribution >= 4 is 0 Å². The lowest BCUT2D eigenvalue weighted by Crippen LogP contribution is -2.44. The number of nitrogens with zero attached hydrogens (tertiary/aromatic N) is 1. The molecule has 0 aromatic rings. The maximum Gasteiger partial charge on any atom is 0.0696 e. The van der Waals surface area contributed by atoms with Gasteiger partial charge in [-0.3, -0.25) is 4.90 Å². The second-order valence-electron chi connectivity index (χ2n) is 3.61. The van der Waals surface area contributed by atoms with E-state index in [2.05, 4.69) is 11.9 Å². The van der Waals surface area contributed by atoms with E-state index in [-0.39, 0.29) is 6.10 Å². The largest absolute Gasteiger partial charge is 0.391 e. The maximum absolute atomic E-state index is 9.52. The molecule has 0 aromatic heterocycles. The Bertz CT molecular complexity index is 137. The molecule has 0 radical (unpaired) electrons. The molecule has 0 unspecified atom stereocenters. The van der Waals surface area contributed by atoms with Crippen molar-refractivity contribution in [3.63, 3.8) is 0 Å². The molecule has 2 aliphatic heterocycles. The van der Waals surface area contributed by atoms with Gasteiger partial charge in [0.15, 0.2) is 0 Å². The van der Waals surface area contributed by atoms with Gasteiger partial charge in [0.2, 0.25) is 0 Å². The SMILES string of the molecule is CN1[C@H]2CC[C@@H](O)[C@H]1CC2. The standard InChI is InChI=1S/C8H15NO/c1-9-6-2-4-7(9)8(10)5-3-6/h6-8,10H,2-5H2,1H3/t6-,7-,8-/m1/s1. The first-order valence-electron chi connectivity index (χ1n) is 4.19. The van der Waals surface area contributed by atoms with Crippen molar-refractivity contribution in [2.75, 3.05) is 7.05 Å². The van der Waals surface area contributed by atoms with E-state index in [1.165, 1.54) is 19.3 Å². The molecule has 0 spiro atoms. The van der Waals surface area contributed by atoms with Gasteiger partial charge in [0.25, 0.3) is 0 Å². The van der Waals surface area contributed by atoms with Crippen LogP contribution in [-0.4, -0.2) is 35.2 Å². The minimum Gasteiger partial charge on any atom is -0.391 e. The number of piperidine rings is 1. The van der Waals surface area contributed by atoms with Gasteiger partial charge in [0.05, 0.1) is 6.10 Å². The molecule has 58 valence electrons. The Kier molecular flexibility index (Phi) is 1.46. The summed E-state index contributed by atoms with van der Waals surface area (Å²) in [5, 5.41) is 9.52. The Morgan fingerprint density at radius 1 is 1.20 bits per heavy atom. The molecule has 2 heterocycles. The van der Waals surface area contributed by atoms with Crippen molar-refractivity contribution in [2.24, 2.45) is 0 Å². The summed E-state index contributed by atoms with van der Waals surface area (Å²) in [7, 11) is 2.14. The molecule has 0 amide bonds. The minimum absolute atomic E-state index is 0.0382. The maximum atomic E-state index is 9.52. The summed E-state index contributed by atoms with van der Waals surface area (Å²) in [6.45, 7) is 0. The molecule has 1 N–H and O–H groups in total. The zero-order valence-electron chi connectivity index (χ0n) is 6.45. The third-order valence-corrected chi connectivity index (χ3v) is 3.13. The summed E-state index contributed by atoms with van der Waals surface area (Å²) in [6, 6.07) is 1.27. The van der Waals surface area contributed by atoms with Crippen molar-refractivity contribution in [2.45, 2.75) is 43.9 Å². The third-order valence-electron chi connectivity index (χ3n) is 3.13. The van der Waals surface area contributed by atoms with E-state index in [1.807, 2.05) is 0 Å². The Balaban J connectivity index is 2.13. The zero-order valence-corrected chi connectivity index (χ0v) is 6.45. The fourth-order valence-corrected chi connectivity index (χ4v) is 2.41. The number of rotatable bonds is 0. The lowest BCUT2D eigenvalue weighted by Gasteiger charge is -2.34. The zero-order chi connectivity index (χ0) is 7.14. The molecule has 2 saturated heterocycles. The minimum atomic E-state index is -0.0382. The fraction of sp³-hybridized carbons (Fsp3) is 1.00. The molecule has 0 aliphatic carbocycles. The van der Waals surface area contributed by atoms with Crippen LogP contribution in [0.1, 0.15) is 25.7 Å². The molecule has 2 aliphatic rings. The van der Waals surface area contributed by atoms with E-state index >= 15 is 0 Å². The first-order chi connectivity index (χ1) is 4.79. The molecule has 0 aromatic carbocycles. The molecular formula is C8H15NO. The molecule has 2 bridgehead atoms. The van der Waals surface area contributed by atoms with E-state index in [1.54, 1.807) is 0 Å². The van der Waals surface area contributed by atoms with E-state index < -0.39 is 0 Å². The van der Waals surface area contributed by atoms with Crippen LogP contribution in [0.15, 0.2) is 0 Å². The molecular weight excluding hydrogens is 126 g/mol. The topological polar surface area (TPSA) is 23.5 Å². The summed E-state index contributed by atoms with van der Waals surface area (Å²) in [5.74, 6) is 0. The van der Waals surface area contributed by atoms with Crippen LogP contribution in [0.3, 0.4) is 0 Å². The number of aliphatic hydroxyl groups is 1. The van der Waals surface area contributed by atoms with Gasteiger partial charge in [-0.05, 0) is 32.7 Å². The predicted octanol–water partition coefficient (Wildman–Crippen LogP) is 0.604. The quantitative estimate of drug-likeness (QED) is 0.534. The van der Waals surface area contributed by atoms with Crippen molar-refractivity contribution < 1.29 is 5.11 Å². The fourth-order valence-electron chi connectivity index (χ4n) is 2.41. The Morgan fingerprint density at radius 2 is 1.90 bits per heavy atom. The van der Waals surface area contributed by atoms with Crippen LogP contribution in [0.5, 0.6) is 0 Å². The number of aliphatic hydroxyl groups excluding tert-OH is 1. The first kappa shape index (κ1) is 6.62. The van der Waals surface area contributed by atoms with Gasteiger partial charge in [-0.25, -0.2) is 0 Å². The summed E-state index contributed by atoms with van der Waals surface area (Å²) in [4.78, 5) is 2.36. The van der Waals surface area contributed by atoms with Gasteiger partial charge in [0.1, 0.15) is 0 Å². The van der Waals surface area contributed by atoms with Gasteiger partial charge in [-0.1, -0.05) is 0 Å². The first-order valence-corrected chi connectivity index (χ1v) is 4.19. The van der Waals surface area contributed by atoms with E-state index in [4.69, 9.17) is 0 Å². The predicted molar refractivity (Wildman–Crippen MR) is 39.8 cm³/mol. The van der Waals surface area contributed by atoms with Crippen molar-refractivity contribution in [3.05, 3.63) is 0 Å². The summed E-state index contributed by atoms with van der Waals surface area (Å²) >= 11 is 0. The lowest BCUT2D eigenvalue weighted by molar-refractivity contribution is 0.0294. The second-order valence-corrected chi connectivity index (χ2v) is 3.61. The van der Waals surface area contributed by atoms with Gasteiger partial charge >= 0.3 is 0 Å². The number of hydrogen-bond acceptors (Lipinski definition) is 2. The van der Waals surface area contributed by atoms with E-state index in [0.29, 0.717) is 6.04 Å². The summed E-state index contributed by atoms with van der Waals surface area (Å²) < 4.78 is 0.